The van der Waals surface area contributed by atoms with Crippen LogP contribution in [0.25, 0.3) is 0 Å². The van der Waals surface area contributed by atoms with Crippen LogP contribution in [-0.2, 0) is 12.0 Å². The van der Waals surface area contributed by atoms with Gasteiger partial charge in [0.1, 0.15) is 5.75 Å². The number of unbranched alkanes of at least 4 members (excludes halogenated alkanes) is 2. The number of methoxy groups -OCH3 is 1. The summed E-state index contributed by atoms with van der Waals surface area (Å²) in [6.45, 7) is 5.79. The third-order valence-electron chi connectivity index (χ3n) is 2.99. The van der Waals surface area contributed by atoms with Crippen molar-refractivity contribution in [3.8, 4) is 5.75 Å². The van der Waals surface area contributed by atoms with Crippen molar-refractivity contribution >= 4 is 0 Å². The molecule has 1 rings (SSSR count). The third kappa shape index (κ3) is 4.04. The Kier molecular flexibility index (Phi) is 5.01. The predicted octanol–water partition coefficient (Wildman–Crippen LogP) is 3.66. The highest BCUT2D eigenvalue weighted by molar-refractivity contribution is 5.40. The Morgan fingerprint density at radius 2 is 1.94 bits per heavy atom. The SMILES string of the molecule is CCCCCc1ccc(OC)c(C(C)(C)O)c1. The number of hydrogen-bond acceptors (Lipinski definition) is 2. The Balaban J connectivity index is 2.89. The lowest BCUT2D eigenvalue weighted by Crippen LogP contribution is -2.17. The molecule has 17 heavy (non-hydrogen) atoms. The van der Waals surface area contributed by atoms with Gasteiger partial charge in [0, 0.05) is 5.56 Å². The lowest BCUT2D eigenvalue weighted by atomic mass is 9.94. The molecule has 0 bridgehead atoms. The Labute approximate surface area is 105 Å². The maximum absolute atomic E-state index is 10.1. The molecule has 1 N–H and O–H groups in total. The van der Waals surface area contributed by atoms with Crippen molar-refractivity contribution in [3.05, 3.63) is 29.3 Å². The molecule has 0 amide bonds. The molecule has 0 aliphatic heterocycles. The van der Waals surface area contributed by atoms with Crippen molar-refractivity contribution in [1.82, 2.24) is 0 Å². The van der Waals surface area contributed by atoms with Gasteiger partial charge < -0.3 is 9.84 Å². The first-order chi connectivity index (χ1) is 7.99. The van der Waals surface area contributed by atoms with E-state index in [9.17, 15) is 5.11 Å². The minimum atomic E-state index is -0.855. The van der Waals surface area contributed by atoms with Gasteiger partial charge in [-0.1, -0.05) is 25.8 Å². The molecule has 0 radical (unpaired) electrons. The molecule has 0 aromatic heterocycles. The lowest BCUT2D eigenvalue weighted by molar-refractivity contribution is 0.0755. The molecule has 96 valence electrons. The average molecular weight is 236 g/mol. The first-order valence-corrected chi connectivity index (χ1v) is 6.38. The van der Waals surface area contributed by atoms with Gasteiger partial charge in [0.2, 0.25) is 0 Å². The molecule has 0 saturated heterocycles. The van der Waals surface area contributed by atoms with Crippen LogP contribution in [0.5, 0.6) is 5.75 Å². The second-order valence-electron chi connectivity index (χ2n) is 5.05. The summed E-state index contributed by atoms with van der Waals surface area (Å²) in [6.07, 6.45) is 4.76. The second kappa shape index (κ2) is 6.06. The second-order valence-corrected chi connectivity index (χ2v) is 5.05. The van der Waals surface area contributed by atoms with E-state index in [0.717, 1.165) is 17.7 Å². The zero-order valence-corrected chi connectivity index (χ0v) is 11.4. The molecular weight excluding hydrogens is 212 g/mol. The molecule has 2 nitrogen and oxygen atoms in total. The minimum Gasteiger partial charge on any atom is -0.496 e. The Morgan fingerprint density at radius 3 is 2.47 bits per heavy atom. The topological polar surface area (TPSA) is 29.5 Å². The zero-order chi connectivity index (χ0) is 12.9. The molecule has 0 heterocycles. The number of aliphatic hydroxyl groups is 1. The highest BCUT2D eigenvalue weighted by Gasteiger charge is 2.21. The molecule has 0 aliphatic rings. The molecule has 0 fully saturated rings. The van der Waals surface area contributed by atoms with Crippen molar-refractivity contribution in [1.29, 1.82) is 0 Å². The molecule has 0 aliphatic carbocycles. The Hall–Kier alpha value is -1.02. The van der Waals surface area contributed by atoms with Gasteiger partial charge in [-0.15, -0.1) is 0 Å². The number of rotatable bonds is 6. The van der Waals surface area contributed by atoms with E-state index < -0.39 is 5.60 Å². The summed E-state index contributed by atoms with van der Waals surface area (Å²) in [6, 6.07) is 6.10. The van der Waals surface area contributed by atoms with Crippen LogP contribution >= 0.6 is 0 Å². The van der Waals surface area contributed by atoms with E-state index in [-0.39, 0.29) is 0 Å². The number of benzene rings is 1. The number of aryl methyl sites for hydroxylation is 1. The summed E-state index contributed by atoms with van der Waals surface area (Å²) in [7, 11) is 1.64. The van der Waals surface area contributed by atoms with Crippen LogP contribution in [0.4, 0.5) is 0 Å². The van der Waals surface area contributed by atoms with Crippen molar-refractivity contribution in [3.63, 3.8) is 0 Å². The fourth-order valence-corrected chi connectivity index (χ4v) is 1.97. The fourth-order valence-electron chi connectivity index (χ4n) is 1.97. The van der Waals surface area contributed by atoms with Crippen LogP contribution in [0.15, 0.2) is 18.2 Å². The van der Waals surface area contributed by atoms with Crippen molar-refractivity contribution in [2.45, 2.75) is 52.1 Å². The third-order valence-corrected chi connectivity index (χ3v) is 2.99. The number of hydrogen-bond donors (Lipinski definition) is 1. The molecular formula is C15H24O2. The van der Waals surface area contributed by atoms with E-state index in [1.54, 1.807) is 21.0 Å². The molecule has 1 aromatic carbocycles. The van der Waals surface area contributed by atoms with Gasteiger partial charge in [-0.3, -0.25) is 0 Å². The summed E-state index contributed by atoms with van der Waals surface area (Å²) in [5.41, 5.74) is 1.29. The molecule has 0 unspecified atom stereocenters. The Morgan fingerprint density at radius 1 is 1.24 bits per heavy atom. The van der Waals surface area contributed by atoms with Crippen LogP contribution in [0.3, 0.4) is 0 Å². The average Bonchev–Trinajstić information content (AvgIpc) is 2.28. The van der Waals surface area contributed by atoms with E-state index in [1.165, 1.54) is 24.8 Å². The van der Waals surface area contributed by atoms with E-state index in [4.69, 9.17) is 4.74 Å². The van der Waals surface area contributed by atoms with E-state index >= 15 is 0 Å². The highest BCUT2D eigenvalue weighted by atomic mass is 16.5. The summed E-state index contributed by atoms with van der Waals surface area (Å²) in [4.78, 5) is 0. The minimum absolute atomic E-state index is 0.761. The van der Waals surface area contributed by atoms with Crippen LogP contribution < -0.4 is 4.74 Å². The van der Waals surface area contributed by atoms with Gasteiger partial charge in [-0.05, 0) is 44.4 Å². The van der Waals surface area contributed by atoms with Crippen LogP contribution in [0.2, 0.25) is 0 Å². The maximum atomic E-state index is 10.1. The van der Waals surface area contributed by atoms with Crippen molar-refractivity contribution in [2.24, 2.45) is 0 Å². The summed E-state index contributed by atoms with van der Waals surface area (Å²) in [5, 5.41) is 10.1. The van der Waals surface area contributed by atoms with Gasteiger partial charge in [0.05, 0.1) is 12.7 Å². The lowest BCUT2D eigenvalue weighted by Gasteiger charge is -2.21. The smallest absolute Gasteiger partial charge is 0.124 e. The predicted molar refractivity (Wildman–Crippen MR) is 71.5 cm³/mol. The molecule has 0 spiro atoms. The molecule has 0 saturated carbocycles. The molecule has 2 heteroatoms. The highest BCUT2D eigenvalue weighted by Crippen LogP contribution is 2.30. The van der Waals surface area contributed by atoms with Crippen LogP contribution in [-0.4, -0.2) is 12.2 Å². The first-order valence-electron chi connectivity index (χ1n) is 6.38. The normalized spacial score (nSPS) is 11.6. The number of ether oxygens (including phenoxy) is 1. The van der Waals surface area contributed by atoms with E-state index in [0.29, 0.717) is 0 Å². The van der Waals surface area contributed by atoms with Crippen molar-refractivity contribution < 1.29 is 9.84 Å². The molecule has 1 aromatic rings. The largest absolute Gasteiger partial charge is 0.496 e. The fraction of sp³-hybridized carbons (Fsp3) is 0.600. The van der Waals surface area contributed by atoms with Crippen LogP contribution in [0.1, 0.15) is 51.2 Å². The van der Waals surface area contributed by atoms with Gasteiger partial charge >= 0.3 is 0 Å². The maximum Gasteiger partial charge on any atom is 0.124 e. The van der Waals surface area contributed by atoms with Crippen LogP contribution in [0, 0.1) is 0 Å². The summed E-state index contributed by atoms with van der Waals surface area (Å²) in [5.74, 6) is 0.761. The quantitative estimate of drug-likeness (QED) is 0.764. The zero-order valence-electron chi connectivity index (χ0n) is 11.4. The van der Waals surface area contributed by atoms with Crippen molar-refractivity contribution in [2.75, 3.05) is 7.11 Å². The van der Waals surface area contributed by atoms with Gasteiger partial charge in [0.25, 0.3) is 0 Å². The molecule has 0 atom stereocenters. The summed E-state index contributed by atoms with van der Waals surface area (Å²) >= 11 is 0. The summed E-state index contributed by atoms with van der Waals surface area (Å²) < 4.78 is 5.29. The standard InChI is InChI=1S/C15H24O2/c1-5-6-7-8-12-9-10-14(17-4)13(11-12)15(2,3)16/h9-11,16H,5-8H2,1-4H3. The van der Waals surface area contributed by atoms with E-state index in [2.05, 4.69) is 19.1 Å². The Bertz CT molecular complexity index is 350. The van der Waals surface area contributed by atoms with Gasteiger partial charge in [-0.2, -0.15) is 0 Å². The first kappa shape index (κ1) is 14.0. The van der Waals surface area contributed by atoms with Gasteiger partial charge in [-0.25, -0.2) is 0 Å². The van der Waals surface area contributed by atoms with Gasteiger partial charge in [0.15, 0.2) is 0 Å². The monoisotopic (exact) mass is 236 g/mol. The van der Waals surface area contributed by atoms with E-state index in [1.807, 2.05) is 6.07 Å².